The van der Waals surface area contributed by atoms with Gasteiger partial charge in [0, 0.05) is 10.0 Å². The minimum atomic E-state index is -0.804. The molecule has 2 aromatic carbocycles. The van der Waals surface area contributed by atoms with Crippen LogP contribution in [0.5, 0.6) is 0 Å². The summed E-state index contributed by atoms with van der Waals surface area (Å²) in [5, 5.41) is 0.888. The number of benzene rings is 2. The standard InChI is InChI=1S/C26H22Cl2N2O5S/c1-13(2)35-25(33)21-14(3)29-26-30(22(21)15-5-7-16(8-6-15)24(32)34-4)23(31)20(36-26)11-17-9-10-18(27)12-19(17)28/h5-13,22H,1-4H3. The molecule has 10 heteroatoms. The van der Waals surface area contributed by atoms with E-state index in [0.717, 1.165) is 0 Å². The van der Waals surface area contributed by atoms with Gasteiger partial charge < -0.3 is 9.47 Å². The summed E-state index contributed by atoms with van der Waals surface area (Å²) in [7, 11) is 1.30. The number of hydrogen-bond acceptors (Lipinski definition) is 7. The van der Waals surface area contributed by atoms with Crippen molar-refractivity contribution >= 4 is 52.6 Å². The minimum Gasteiger partial charge on any atom is -0.465 e. The van der Waals surface area contributed by atoms with Gasteiger partial charge in [-0.05, 0) is 62.2 Å². The zero-order chi connectivity index (χ0) is 26.1. The zero-order valence-corrected chi connectivity index (χ0v) is 22.2. The number of esters is 2. The van der Waals surface area contributed by atoms with Gasteiger partial charge in [0.1, 0.15) is 0 Å². The van der Waals surface area contributed by atoms with Crippen LogP contribution < -0.4 is 14.9 Å². The van der Waals surface area contributed by atoms with Crippen LogP contribution in [0.1, 0.15) is 48.3 Å². The van der Waals surface area contributed by atoms with Gasteiger partial charge in [0.05, 0.1) is 40.6 Å². The molecule has 2 heterocycles. The van der Waals surface area contributed by atoms with Gasteiger partial charge in [-0.15, -0.1) is 0 Å². The smallest absolute Gasteiger partial charge is 0.338 e. The number of thiazole rings is 1. The topological polar surface area (TPSA) is 87.0 Å². The van der Waals surface area contributed by atoms with Crippen molar-refractivity contribution < 1.29 is 19.1 Å². The summed E-state index contributed by atoms with van der Waals surface area (Å²) in [6.45, 7) is 5.21. The number of ether oxygens (including phenoxy) is 2. The molecule has 3 aromatic rings. The molecule has 0 fully saturated rings. The summed E-state index contributed by atoms with van der Waals surface area (Å²) in [4.78, 5) is 43.7. The van der Waals surface area contributed by atoms with Gasteiger partial charge in [-0.25, -0.2) is 14.6 Å². The number of rotatable bonds is 5. The minimum absolute atomic E-state index is 0.248. The van der Waals surface area contributed by atoms with Gasteiger partial charge in [-0.1, -0.05) is 52.7 Å². The second-order valence-electron chi connectivity index (χ2n) is 8.32. The molecule has 4 rings (SSSR count). The Morgan fingerprint density at radius 3 is 2.42 bits per heavy atom. The first-order valence-electron chi connectivity index (χ1n) is 11.0. The number of halogens is 2. The summed E-state index contributed by atoms with van der Waals surface area (Å²) < 4.78 is 12.1. The molecular weight excluding hydrogens is 523 g/mol. The van der Waals surface area contributed by atoms with Crippen LogP contribution in [0, 0.1) is 0 Å². The highest BCUT2D eigenvalue weighted by Gasteiger charge is 2.34. The van der Waals surface area contributed by atoms with Crippen LogP contribution in [-0.4, -0.2) is 29.7 Å². The third kappa shape index (κ3) is 5.02. The van der Waals surface area contributed by atoms with Gasteiger partial charge in [0.25, 0.3) is 5.56 Å². The van der Waals surface area contributed by atoms with Crippen molar-refractivity contribution in [3.63, 3.8) is 0 Å². The number of aromatic nitrogens is 1. The van der Waals surface area contributed by atoms with Crippen molar-refractivity contribution in [2.45, 2.75) is 32.9 Å². The summed E-state index contributed by atoms with van der Waals surface area (Å²) in [5.74, 6) is -1.06. The summed E-state index contributed by atoms with van der Waals surface area (Å²) >= 11 is 13.5. The summed E-state index contributed by atoms with van der Waals surface area (Å²) in [6, 6.07) is 10.8. The number of hydrogen-bond donors (Lipinski definition) is 0. The van der Waals surface area contributed by atoms with E-state index in [-0.39, 0.29) is 17.2 Å². The molecule has 1 aliphatic heterocycles. The molecule has 0 aliphatic carbocycles. The van der Waals surface area contributed by atoms with Gasteiger partial charge in [-0.2, -0.15) is 0 Å². The Morgan fingerprint density at radius 1 is 1.11 bits per heavy atom. The van der Waals surface area contributed by atoms with Crippen LogP contribution in [0.15, 0.2) is 63.5 Å². The van der Waals surface area contributed by atoms with Crippen LogP contribution in [0.4, 0.5) is 0 Å². The molecule has 0 radical (unpaired) electrons. The molecule has 1 atom stereocenters. The van der Waals surface area contributed by atoms with Crippen molar-refractivity contribution in [1.29, 1.82) is 0 Å². The lowest BCUT2D eigenvalue weighted by atomic mass is 9.95. The first kappa shape index (κ1) is 25.9. The molecule has 36 heavy (non-hydrogen) atoms. The molecule has 1 aliphatic rings. The molecule has 0 bridgehead atoms. The van der Waals surface area contributed by atoms with Gasteiger partial charge in [0.15, 0.2) is 4.80 Å². The molecule has 0 spiro atoms. The SMILES string of the molecule is COC(=O)c1ccc(C2C(C(=O)OC(C)C)=C(C)N=c3sc(=Cc4ccc(Cl)cc4Cl)c(=O)n32)cc1. The maximum atomic E-state index is 13.7. The van der Waals surface area contributed by atoms with E-state index in [4.69, 9.17) is 32.7 Å². The Labute approximate surface area is 220 Å². The van der Waals surface area contributed by atoms with E-state index in [1.54, 1.807) is 69.3 Å². The number of methoxy groups -OCH3 is 1. The lowest BCUT2D eigenvalue weighted by Crippen LogP contribution is -2.40. The van der Waals surface area contributed by atoms with E-state index in [0.29, 0.717) is 41.8 Å². The van der Waals surface area contributed by atoms with Crippen LogP contribution in [-0.2, 0) is 14.3 Å². The molecule has 0 amide bonds. The fourth-order valence-corrected chi connectivity index (χ4v) is 5.36. The highest BCUT2D eigenvalue weighted by atomic mass is 35.5. The summed E-state index contributed by atoms with van der Waals surface area (Å²) in [5.41, 5.74) is 1.94. The Balaban J connectivity index is 1.93. The Bertz CT molecular complexity index is 1570. The molecular formula is C26H22Cl2N2O5S. The van der Waals surface area contributed by atoms with E-state index < -0.39 is 18.0 Å². The molecule has 1 aromatic heterocycles. The number of nitrogens with zero attached hydrogens (tertiary/aromatic N) is 2. The molecule has 7 nitrogen and oxygen atoms in total. The molecule has 0 saturated heterocycles. The number of allylic oxidation sites excluding steroid dienone is 1. The van der Waals surface area contributed by atoms with E-state index in [1.807, 2.05) is 0 Å². The van der Waals surface area contributed by atoms with Crippen molar-refractivity contribution in [1.82, 2.24) is 4.57 Å². The van der Waals surface area contributed by atoms with Crippen LogP contribution in [0.25, 0.3) is 6.08 Å². The maximum absolute atomic E-state index is 13.7. The molecule has 1 unspecified atom stereocenters. The quantitative estimate of drug-likeness (QED) is 0.447. The first-order valence-corrected chi connectivity index (χ1v) is 12.5. The molecule has 0 N–H and O–H groups in total. The van der Waals surface area contributed by atoms with E-state index in [1.165, 1.54) is 23.0 Å². The van der Waals surface area contributed by atoms with E-state index in [9.17, 15) is 14.4 Å². The highest BCUT2D eigenvalue weighted by molar-refractivity contribution is 7.07. The fraction of sp³-hybridized carbons (Fsp3) is 0.231. The number of carbonyl (C=O) groups is 2. The first-order chi connectivity index (χ1) is 17.1. The zero-order valence-electron chi connectivity index (χ0n) is 19.9. The molecule has 186 valence electrons. The van der Waals surface area contributed by atoms with Gasteiger partial charge in [-0.3, -0.25) is 9.36 Å². The maximum Gasteiger partial charge on any atom is 0.338 e. The lowest BCUT2D eigenvalue weighted by Gasteiger charge is -2.25. The van der Waals surface area contributed by atoms with E-state index >= 15 is 0 Å². The van der Waals surface area contributed by atoms with Gasteiger partial charge in [0.2, 0.25) is 0 Å². The Hall–Kier alpha value is -3.20. The van der Waals surface area contributed by atoms with Crippen molar-refractivity contribution in [2.24, 2.45) is 4.99 Å². The number of fused-ring (bicyclic) bond motifs is 1. The Morgan fingerprint density at radius 2 is 1.81 bits per heavy atom. The Kier molecular flexibility index (Phi) is 7.49. The molecule has 0 saturated carbocycles. The predicted octanol–water partition coefficient (Wildman–Crippen LogP) is 4.28. The van der Waals surface area contributed by atoms with E-state index in [2.05, 4.69) is 4.99 Å². The van der Waals surface area contributed by atoms with Crippen LogP contribution >= 0.6 is 34.5 Å². The summed E-state index contributed by atoms with van der Waals surface area (Å²) in [6.07, 6.45) is 1.31. The van der Waals surface area contributed by atoms with Crippen molar-refractivity contribution in [3.05, 3.63) is 100 Å². The second kappa shape index (κ2) is 10.4. The highest BCUT2D eigenvalue weighted by Crippen LogP contribution is 2.31. The average Bonchev–Trinajstić information content (AvgIpc) is 3.13. The lowest BCUT2D eigenvalue weighted by molar-refractivity contribution is -0.143. The second-order valence-corrected chi connectivity index (χ2v) is 10.2. The number of carbonyl (C=O) groups excluding carboxylic acids is 2. The largest absolute Gasteiger partial charge is 0.465 e. The predicted molar refractivity (Wildman–Crippen MR) is 139 cm³/mol. The van der Waals surface area contributed by atoms with Crippen molar-refractivity contribution in [3.8, 4) is 0 Å². The third-order valence-electron chi connectivity index (χ3n) is 5.48. The third-order valence-corrected chi connectivity index (χ3v) is 7.03. The van der Waals surface area contributed by atoms with Crippen molar-refractivity contribution in [2.75, 3.05) is 7.11 Å². The van der Waals surface area contributed by atoms with Crippen LogP contribution in [0.2, 0.25) is 10.0 Å². The monoisotopic (exact) mass is 544 g/mol. The normalized spacial score (nSPS) is 15.5. The average molecular weight is 545 g/mol. The van der Waals surface area contributed by atoms with Crippen LogP contribution in [0.3, 0.4) is 0 Å². The fourth-order valence-electron chi connectivity index (χ4n) is 3.85. The van der Waals surface area contributed by atoms with Gasteiger partial charge >= 0.3 is 11.9 Å².